The van der Waals surface area contributed by atoms with Gasteiger partial charge >= 0.3 is 0 Å². The molecule has 0 bridgehead atoms. The van der Waals surface area contributed by atoms with Crippen LogP contribution in [-0.2, 0) is 21.5 Å². The van der Waals surface area contributed by atoms with Crippen LogP contribution in [0.2, 0.25) is 0 Å². The third kappa shape index (κ3) is 3.93. The smallest absolute Gasteiger partial charge is 0.263 e. The van der Waals surface area contributed by atoms with Crippen molar-refractivity contribution in [2.45, 2.75) is 43.8 Å². The summed E-state index contributed by atoms with van der Waals surface area (Å²) in [6.45, 7) is 5.79. The lowest BCUT2D eigenvalue weighted by Crippen LogP contribution is -2.46. The van der Waals surface area contributed by atoms with Crippen LogP contribution in [-0.4, -0.2) is 80.0 Å². The first-order valence-corrected chi connectivity index (χ1v) is 10.9. The number of aliphatic hydroxyl groups is 1. The summed E-state index contributed by atoms with van der Waals surface area (Å²) < 4.78 is 11.5. The second kappa shape index (κ2) is 8.17. The fraction of sp³-hybridized carbons (Fsp3) is 0.750. The lowest BCUT2D eigenvalue weighted by Gasteiger charge is -2.44. The summed E-state index contributed by atoms with van der Waals surface area (Å²) in [5, 5.41) is 9.69. The molecule has 1 spiro atoms. The third-order valence-electron chi connectivity index (χ3n) is 6.25. The Hall–Kier alpha value is -0.990. The van der Waals surface area contributed by atoms with Crippen LogP contribution in [0.1, 0.15) is 45.8 Å². The average Bonchev–Trinajstić information content (AvgIpc) is 3.14. The van der Waals surface area contributed by atoms with E-state index >= 15 is 0 Å². The molecule has 0 atom stereocenters. The molecule has 1 aromatic heterocycles. The zero-order chi connectivity index (χ0) is 18.9. The van der Waals surface area contributed by atoms with Crippen LogP contribution in [0.25, 0.3) is 0 Å². The largest absolute Gasteiger partial charge is 0.393 e. The Labute approximate surface area is 165 Å². The van der Waals surface area contributed by atoms with Gasteiger partial charge in [-0.1, -0.05) is 0 Å². The van der Waals surface area contributed by atoms with Crippen molar-refractivity contribution < 1.29 is 19.4 Å². The highest BCUT2D eigenvalue weighted by molar-refractivity contribution is 7.14. The molecule has 7 heteroatoms. The number of methoxy groups -OCH3 is 1. The number of thiophene rings is 1. The molecule has 0 saturated carbocycles. The van der Waals surface area contributed by atoms with E-state index in [1.807, 2.05) is 4.90 Å². The topological polar surface area (TPSA) is 62.2 Å². The maximum absolute atomic E-state index is 13.0. The zero-order valence-corrected chi connectivity index (χ0v) is 16.9. The number of rotatable bonds is 4. The summed E-state index contributed by atoms with van der Waals surface area (Å²) in [5.74, 6) is 0.119. The third-order valence-corrected chi connectivity index (χ3v) is 7.43. The summed E-state index contributed by atoms with van der Waals surface area (Å²) in [4.78, 5) is 19.4. The minimum absolute atomic E-state index is 0.119. The molecule has 2 fully saturated rings. The van der Waals surface area contributed by atoms with Crippen molar-refractivity contribution in [3.8, 4) is 0 Å². The predicted octanol–water partition coefficient (Wildman–Crippen LogP) is 1.86. The van der Waals surface area contributed by atoms with Crippen LogP contribution in [0, 0.1) is 0 Å². The molecular formula is C20H30N2O4S. The molecule has 1 N–H and O–H groups in total. The minimum Gasteiger partial charge on any atom is -0.393 e. The molecule has 1 aromatic rings. The molecule has 0 aromatic carbocycles. The van der Waals surface area contributed by atoms with Gasteiger partial charge in [0.25, 0.3) is 5.91 Å². The van der Waals surface area contributed by atoms with Crippen LogP contribution < -0.4 is 0 Å². The Kier molecular flexibility index (Phi) is 5.85. The molecule has 4 rings (SSSR count). The molecule has 1 amide bonds. The van der Waals surface area contributed by atoms with Gasteiger partial charge in [0.15, 0.2) is 0 Å². The van der Waals surface area contributed by atoms with Gasteiger partial charge in [0, 0.05) is 51.1 Å². The number of likely N-dealkylation sites (tertiary alicyclic amines) is 2. The lowest BCUT2D eigenvalue weighted by molar-refractivity contribution is -0.0983. The highest BCUT2D eigenvalue weighted by Gasteiger charge is 2.42. The van der Waals surface area contributed by atoms with Gasteiger partial charge in [-0.25, -0.2) is 0 Å². The zero-order valence-electron chi connectivity index (χ0n) is 16.1. The Morgan fingerprint density at radius 1 is 1.33 bits per heavy atom. The van der Waals surface area contributed by atoms with Crippen LogP contribution >= 0.6 is 11.3 Å². The van der Waals surface area contributed by atoms with E-state index in [0.717, 1.165) is 57.0 Å². The highest BCUT2D eigenvalue weighted by atomic mass is 32.1. The Balaban J connectivity index is 1.48. The number of ether oxygens (including phenoxy) is 2. The molecule has 0 radical (unpaired) electrons. The van der Waals surface area contributed by atoms with Crippen LogP contribution in [0.3, 0.4) is 0 Å². The molecule has 6 nitrogen and oxygen atoms in total. The fourth-order valence-electron chi connectivity index (χ4n) is 4.52. The predicted molar refractivity (Wildman–Crippen MR) is 104 cm³/mol. The lowest BCUT2D eigenvalue weighted by atomic mass is 9.82. The number of aliphatic hydroxyl groups excluding tert-OH is 1. The molecule has 2 saturated heterocycles. The minimum atomic E-state index is -0.259. The van der Waals surface area contributed by atoms with Gasteiger partial charge in [-0.3, -0.25) is 4.79 Å². The first kappa shape index (κ1) is 19.3. The van der Waals surface area contributed by atoms with E-state index in [1.54, 1.807) is 18.4 Å². The van der Waals surface area contributed by atoms with E-state index in [-0.39, 0.29) is 17.6 Å². The number of nitrogens with zero attached hydrogens (tertiary/aromatic N) is 2. The van der Waals surface area contributed by atoms with Gasteiger partial charge in [-0.05, 0) is 37.3 Å². The summed E-state index contributed by atoms with van der Waals surface area (Å²) in [7, 11) is 1.74. The Morgan fingerprint density at radius 3 is 2.78 bits per heavy atom. The number of carbonyl (C=O) groups is 1. The van der Waals surface area contributed by atoms with Gasteiger partial charge in [-0.15, -0.1) is 11.3 Å². The monoisotopic (exact) mass is 394 g/mol. The summed E-state index contributed by atoms with van der Waals surface area (Å²) in [5.41, 5.74) is 1.04. The second-order valence-electron chi connectivity index (χ2n) is 7.90. The van der Waals surface area contributed by atoms with Crippen LogP contribution in [0.15, 0.2) is 6.07 Å². The molecule has 0 unspecified atom stereocenters. The summed E-state index contributed by atoms with van der Waals surface area (Å²) in [6.07, 6.45) is 3.96. The molecule has 150 valence electrons. The number of amides is 1. The molecular weight excluding hydrogens is 364 g/mol. The summed E-state index contributed by atoms with van der Waals surface area (Å²) >= 11 is 1.65. The fourth-order valence-corrected chi connectivity index (χ4v) is 5.72. The summed E-state index contributed by atoms with van der Waals surface area (Å²) in [6, 6.07) is 2.11. The molecule has 0 aliphatic carbocycles. The second-order valence-corrected chi connectivity index (χ2v) is 9.03. The van der Waals surface area contributed by atoms with Crippen LogP contribution in [0.5, 0.6) is 0 Å². The van der Waals surface area contributed by atoms with Gasteiger partial charge in [0.2, 0.25) is 0 Å². The highest BCUT2D eigenvalue weighted by Crippen LogP contribution is 2.44. The van der Waals surface area contributed by atoms with Gasteiger partial charge < -0.3 is 24.4 Å². The van der Waals surface area contributed by atoms with Crippen molar-refractivity contribution in [1.29, 1.82) is 0 Å². The van der Waals surface area contributed by atoms with E-state index < -0.39 is 0 Å². The van der Waals surface area contributed by atoms with Crippen LogP contribution in [0.4, 0.5) is 0 Å². The first-order chi connectivity index (χ1) is 13.1. The van der Waals surface area contributed by atoms with E-state index in [2.05, 4.69) is 11.0 Å². The van der Waals surface area contributed by atoms with Gasteiger partial charge in [0.05, 0.1) is 29.8 Å². The van der Waals surface area contributed by atoms with Gasteiger partial charge in [0.1, 0.15) is 0 Å². The number of piperidine rings is 2. The Morgan fingerprint density at radius 2 is 2.07 bits per heavy atom. The van der Waals surface area contributed by atoms with Crippen molar-refractivity contribution in [2.75, 3.05) is 53.0 Å². The quantitative estimate of drug-likeness (QED) is 0.845. The molecule has 3 aliphatic rings. The van der Waals surface area contributed by atoms with Crippen molar-refractivity contribution in [3.05, 3.63) is 21.4 Å². The van der Waals surface area contributed by atoms with Crippen molar-refractivity contribution in [2.24, 2.45) is 0 Å². The maximum Gasteiger partial charge on any atom is 0.263 e. The number of hydrogen-bond donors (Lipinski definition) is 1. The number of fused-ring (bicyclic) bond motifs is 2. The SMILES string of the molecule is COCCN1CCC2(CC1)OCCc1sc(C(=O)N3CCC(O)CC3)cc12. The van der Waals surface area contributed by atoms with Crippen molar-refractivity contribution >= 4 is 17.2 Å². The first-order valence-electron chi connectivity index (χ1n) is 10.1. The molecule has 4 heterocycles. The maximum atomic E-state index is 13.0. The van der Waals surface area contributed by atoms with E-state index in [9.17, 15) is 9.90 Å². The number of carbonyl (C=O) groups excluding carboxylic acids is 1. The average molecular weight is 395 g/mol. The van der Waals surface area contributed by atoms with E-state index in [4.69, 9.17) is 9.47 Å². The van der Waals surface area contributed by atoms with E-state index in [0.29, 0.717) is 25.9 Å². The molecule has 3 aliphatic heterocycles. The Bertz CT molecular complexity index is 661. The van der Waals surface area contributed by atoms with Gasteiger partial charge in [-0.2, -0.15) is 0 Å². The van der Waals surface area contributed by atoms with E-state index in [1.165, 1.54) is 10.4 Å². The standard InChI is InChI=1S/C20H30N2O4S/c1-25-13-11-21-9-5-20(6-10-21)16-14-18(27-17(16)4-12-26-20)19(24)22-7-2-15(23)3-8-22/h14-15,23H,2-13H2,1H3. The number of hydrogen-bond acceptors (Lipinski definition) is 6. The van der Waals surface area contributed by atoms with Crippen molar-refractivity contribution in [1.82, 2.24) is 9.80 Å². The molecule has 27 heavy (non-hydrogen) atoms. The van der Waals surface area contributed by atoms with Crippen molar-refractivity contribution in [3.63, 3.8) is 0 Å². The normalized spacial score (nSPS) is 23.6.